The van der Waals surface area contributed by atoms with E-state index in [-0.39, 0.29) is 17.2 Å². The predicted molar refractivity (Wildman–Crippen MR) is 111 cm³/mol. The molecule has 0 aliphatic heterocycles. The molecule has 1 amide bonds. The number of thiophene rings is 1. The second kappa shape index (κ2) is 7.69. The summed E-state index contributed by atoms with van der Waals surface area (Å²) in [6.45, 7) is 3.93. The molecule has 7 nitrogen and oxygen atoms in total. The molecule has 3 heterocycles. The van der Waals surface area contributed by atoms with Crippen LogP contribution in [0.4, 0.5) is 5.13 Å². The number of fused-ring (bicyclic) bond motifs is 1. The molecule has 0 atom stereocenters. The van der Waals surface area contributed by atoms with Crippen LogP contribution in [0.15, 0.2) is 4.79 Å². The van der Waals surface area contributed by atoms with Gasteiger partial charge in [0.2, 0.25) is 11.0 Å². The molecule has 0 aromatic carbocycles. The van der Waals surface area contributed by atoms with Gasteiger partial charge >= 0.3 is 0 Å². The zero-order chi connectivity index (χ0) is 19.0. The summed E-state index contributed by atoms with van der Waals surface area (Å²) in [7, 11) is 0. The number of H-pyrrole nitrogens is 1. The first kappa shape index (κ1) is 18.6. The normalized spacial score (nSPS) is 14.4. The molecular weight excluding hydrogens is 402 g/mol. The lowest BCUT2D eigenvalue weighted by Gasteiger charge is -2.21. The minimum atomic E-state index is -0.123. The maximum Gasteiger partial charge on any atom is 0.259 e. The number of nitrogens with zero attached hydrogens (tertiary/aromatic N) is 3. The molecule has 0 unspecified atom stereocenters. The Hall–Kier alpha value is -1.78. The molecule has 27 heavy (non-hydrogen) atoms. The molecule has 0 spiro atoms. The third-order valence-corrected chi connectivity index (χ3v) is 7.75. The summed E-state index contributed by atoms with van der Waals surface area (Å²) < 4.78 is 0. The first-order chi connectivity index (χ1) is 13.0. The van der Waals surface area contributed by atoms with Gasteiger partial charge in [-0.1, -0.05) is 17.8 Å². The average Bonchev–Trinajstić information content (AvgIpc) is 3.11. The number of rotatable bonds is 6. The number of hydrogen-bond donors (Lipinski definition) is 2. The number of carbonyl (C=O) groups excluding carboxylic acids is 1. The van der Waals surface area contributed by atoms with E-state index >= 15 is 0 Å². The van der Waals surface area contributed by atoms with Crippen molar-refractivity contribution in [2.24, 2.45) is 0 Å². The van der Waals surface area contributed by atoms with Crippen LogP contribution >= 0.6 is 34.4 Å². The van der Waals surface area contributed by atoms with Crippen molar-refractivity contribution in [2.45, 2.75) is 44.8 Å². The van der Waals surface area contributed by atoms with Crippen LogP contribution in [-0.4, -0.2) is 31.8 Å². The molecule has 1 aliphatic rings. The Labute approximate surface area is 168 Å². The fraction of sp³-hybridized carbons (Fsp3) is 0.471. The number of thioether (sulfide) groups is 1. The fourth-order valence-electron chi connectivity index (χ4n) is 2.87. The summed E-state index contributed by atoms with van der Waals surface area (Å²) in [6.07, 6.45) is 3.57. The maximum absolute atomic E-state index is 12.3. The third kappa shape index (κ3) is 3.92. The van der Waals surface area contributed by atoms with E-state index in [1.165, 1.54) is 40.9 Å². The Bertz CT molecular complexity index is 1050. The number of aryl methyl sites for hydroxylation is 2. The van der Waals surface area contributed by atoms with Gasteiger partial charge in [-0.15, -0.1) is 33.3 Å². The van der Waals surface area contributed by atoms with Gasteiger partial charge in [0.15, 0.2) is 0 Å². The number of nitrogens with one attached hydrogen (secondary N) is 2. The Morgan fingerprint density at radius 3 is 2.85 bits per heavy atom. The van der Waals surface area contributed by atoms with Crippen LogP contribution < -0.4 is 10.9 Å². The number of amides is 1. The fourth-order valence-corrected chi connectivity index (χ4v) is 5.54. The van der Waals surface area contributed by atoms with E-state index in [0.29, 0.717) is 28.0 Å². The molecule has 3 aromatic rings. The van der Waals surface area contributed by atoms with Gasteiger partial charge in [-0.3, -0.25) is 14.9 Å². The van der Waals surface area contributed by atoms with Gasteiger partial charge in [0.1, 0.15) is 15.7 Å². The quantitative estimate of drug-likeness (QED) is 0.631. The van der Waals surface area contributed by atoms with Crippen molar-refractivity contribution in [2.75, 3.05) is 11.1 Å². The lowest BCUT2D eigenvalue weighted by Crippen LogP contribution is -2.15. The van der Waals surface area contributed by atoms with Crippen molar-refractivity contribution in [1.82, 2.24) is 20.2 Å². The largest absolute Gasteiger partial charge is 0.309 e. The summed E-state index contributed by atoms with van der Waals surface area (Å²) in [4.78, 5) is 33.6. The smallest absolute Gasteiger partial charge is 0.259 e. The van der Waals surface area contributed by atoms with Crippen LogP contribution in [-0.2, 0) is 10.5 Å². The maximum atomic E-state index is 12.3. The Kier molecular flexibility index (Phi) is 5.29. The van der Waals surface area contributed by atoms with Gasteiger partial charge in [-0.05, 0) is 32.3 Å². The Morgan fingerprint density at radius 2 is 2.11 bits per heavy atom. The van der Waals surface area contributed by atoms with Gasteiger partial charge in [0.05, 0.1) is 16.9 Å². The number of anilines is 1. The number of hydrogen-bond acceptors (Lipinski definition) is 8. The first-order valence-electron chi connectivity index (χ1n) is 8.71. The highest BCUT2D eigenvalue weighted by Gasteiger charge is 2.23. The minimum Gasteiger partial charge on any atom is -0.309 e. The zero-order valence-corrected chi connectivity index (χ0v) is 17.4. The first-order valence-corrected chi connectivity index (χ1v) is 11.5. The summed E-state index contributed by atoms with van der Waals surface area (Å²) in [5.41, 5.74) is 0.875. The lowest BCUT2D eigenvalue weighted by molar-refractivity contribution is -0.113. The Balaban J connectivity index is 1.32. The zero-order valence-electron chi connectivity index (χ0n) is 15.0. The van der Waals surface area contributed by atoms with Crippen LogP contribution in [0.3, 0.4) is 0 Å². The highest BCUT2D eigenvalue weighted by atomic mass is 32.2. The van der Waals surface area contributed by atoms with Crippen molar-refractivity contribution in [3.8, 4) is 0 Å². The Morgan fingerprint density at radius 1 is 1.30 bits per heavy atom. The van der Waals surface area contributed by atoms with Crippen molar-refractivity contribution >= 4 is 55.7 Å². The van der Waals surface area contributed by atoms with Crippen LogP contribution in [0.1, 0.15) is 46.5 Å². The van der Waals surface area contributed by atoms with E-state index in [1.54, 1.807) is 0 Å². The molecule has 142 valence electrons. The van der Waals surface area contributed by atoms with E-state index in [9.17, 15) is 9.59 Å². The highest BCUT2D eigenvalue weighted by molar-refractivity contribution is 7.99. The van der Waals surface area contributed by atoms with Crippen LogP contribution in [0.5, 0.6) is 0 Å². The molecule has 3 aromatic heterocycles. The van der Waals surface area contributed by atoms with E-state index in [2.05, 4.69) is 25.5 Å². The number of aromatic amines is 1. The average molecular weight is 422 g/mol. The molecular formula is C17H19N5O2S3. The molecule has 1 aliphatic carbocycles. The minimum absolute atomic E-state index is 0.112. The molecule has 0 saturated heterocycles. The van der Waals surface area contributed by atoms with Gasteiger partial charge in [0.25, 0.3) is 5.56 Å². The van der Waals surface area contributed by atoms with Crippen LogP contribution in [0.2, 0.25) is 0 Å². The van der Waals surface area contributed by atoms with Crippen LogP contribution in [0.25, 0.3) is 10.2 Å². The molecule has 0 radical (unpaired) electrons. The molecule has 10 heteroatoms. The molecule has 2 N–H and O–H groups in total. The molecule has 1 fully saturated rings. The second-order valence-electron chi connectivity index (χ2n) is 6.59. The summed E-state index contributed by atoms with van der Waals surface area (Å²) in [5, 5.41) is 13.3. The lowest BCUT2D eigenvalue weighted by atomic mass is 9.86. The number of carbonyl (C=O) groups is 1. The predicted octanol–water partition coefficient (Wildman–Crippen LogP) is 3.59. The van der Waals surface area contributed by atoms with Gasteiger partial charge < -0.3 is 4.98 Å². The van der Waals surface area contributed by atoms with Gasteiger partial charge in [-0.25, -0.2) is 4.98 Å². The summed E-state index contributed by atoms with van der Waals surface area (Å²) in [6, 6.07) is 0. The van der Waals surface area contributed by atoms with E-state index in [1.807, 2.05) is 13.8 Å². The van der Waals surface area contributed by atoms with Crippen molar-refractivity contribution in [3.63, 3.8) is 0 Å². The highest BCUT2D eigenvalue weighted by Crippen LogP contribution is 2.38. The monoisotopic (exact) mass is 421 g/mol. The SMILES string of the molecule is Cc1sc2nc(CSCC(=O)Nc3nnc(C4CCC4)s3)[nH]c(=O)c2c1C. The van der Waals surface area contributed by atoms with Crippen molar-refractivity contribution in [1.29, 1.82) is 0 Å². The van der Waals surface area contributed by atoms with Gasteiger partial charge in [0, 0.05) is 10.8 Å². The standard InChI is InChI=1S/C17H19N5O2S3/c1-8-9(2)26-16-13(8)14(24)18-11(19-16)6-25-7-12(23)20-17-22-21-15(27-17)10-4-3-5-10/h10H,3-7H2,1-2H3,(H,18,19,24)(H,20,22,23). The topological polar surface area (TPSA) is 101 Å². The second-order valence-corrected chi connectivity index (χ2v) is 9.79. The molecule has 0 bridgehead atoms. The van der Waals surface area contributed by atoms with E-state index < -0.39 is 0 Å². The van der Waals surface area contributed by atoms with Crippen molar-refractivity contribution in [3.05, 3.63) is 31.6 Å². The van der Waals surface area contributed by atoms with E-state index in [0.717, 1.165) is 33.1 Å². The van der Waals surface area contributed by atoms with Gasteiger partial charge in [-0.2, -0.15) is 0 Å². The third-order valence-electron chi connectivity index (χ3n) is 4.70. The van der Waals surface area contributed by atoms with Crippen LogP contribution in [0, 0.1) is 13.8 Å². The molecule has 4 rings (SSSR count). The summed E-state index contributed by atoms with van der Waals surface area (Å²) in [5.74, 6) is 1.72. The molecule has 1 saturated carbocycles. The van der Waals surface area contributed by atoms with Crippen molar-refractivity contribution < 1.29 is 4.79 Å². The van der Waals surface area contributed by atoms with E-state index in [4.69, 9.17) is 0 Å². The summed E-state index contributed by atoms with van der Waals surface area (Å²) >= 11 is 4.39. The number of aromatic nitrogens is 4.